The van der Waals surface area contributed by atoms with Gasteiger partial charge in [0, 0.05) is 24.1 Å². The predicted octanol–water partition coefficient (Wildman–Crippen LogP) is 2.80. The largest absolute Gasteiger partial charge is 0.487 e. The molecule has 4 nitrogen and oxygen atoms in total. The SMILES string of the molecule is CNC1CC(C)(C)Oc2cc(OC(C)C#N)ccc21. The van der Waals surface area contributed by atoms with Gasteiger partial charge in [-0.05, 0) is 33.9 Å². The van der Waals surface area contributed by atoms with Gasteiger partial charge in [-0.2, -0.15) is 5.26 Å². The molecule has 0 bridgehead atoms. The molecule has 2 rings (SSSR count). The molecule has 19 heavy (non-hydrogen) atoms. The van der Waals surface area contributed by atoms with Crippen LogP contribution >= 0.6 is 0 Å². The van der Waals surface area contributed by atoms with Gasteiger partial charge in [0.15, 0.2) is 6.10 Å². The van der Waals surface area contributed by atoms with Crippen LogP contribution in [-0.2, 0) is 0 Å². The second-order valence-corrected chi connectivity index (χ2v) is 5.50. The molecule has 0 fully saturated rings. The molecule has 1 aliphatic rings. The van der Waals surface area contributed by atoms with Crippen molar-refractivity contribution >= 4 is 0 Å². The molecule has 0 aliphatic carbocycles. The quantitative estimate of drug-likeness (QED) is 0.908. The second kappa shape index (κ2) is 5.10. The van der Waals surface area contributed by atoms with E-state index in [1.54, 1.807) is 6.92 Å². The Morgan fingerprint density at radius 2 is 2.26 bits per heavy atom. The molecule has 102 valence electrons. The van der Waals surface area contributed by atoms with E-state index in [4.69, 9.17) is 14.7 Å². The zero-order chi connectivity index (χ0) is 14.0. The molecule has 2 unspecified atom stereocenters. The zero-order valence-corrected chi connectivity index (χ0v) is 11.9. The lowest BCUT2D eigenvalue weighted by Gasteiger charge is -2.37. The third-order valence-electron chi connectivity index (χ3n) is 3.29. The van der Waals surface area contributed by atoms with E-state index in [0.717, 1.165) is 17.7 Å². The highest BCUT2D eigenvalue weighted by Crippen LogP contribution is 2.41. The first-order valence-electron chi connectivity index (χ1n) is 6.51. The minimum absolute atomic E-state index is 0.208. The van der Waals surface area contributed by atoms with Crippen molar-refractivity contribution in [3.8, 4) is 17.6 Å². The Morgan fingerprint density at radius 3 is 2.89 bits per heavy atom. The molecule has 1 aliphatic heterocycles. The smallest absolute Gasteiger partial charge is 0.181 e. The van der Waals surface area contributed by atoms with Crippen LogP contribution in [0, 0.1) is 11.3 Å². The molecule has 1 N–H and O–H groups in total. The minimum atomic E-state index is -0.463. The van der Waals surface area contributed by atoms with E-state index in [0.29, 0.717) is 5.75 Å². The molecule has 4 heteroatoms. The van der Waals surface area contributed by atoms with Gasteiger partial charge in [-0.15, -0.1) is 0 Å². The average Bonchev–Trinajstić information content (AvgIpc) is 2.36. The second-order valence-electron chi connectivity index (χ2n) is 5.50. The topological polar surface area (TPSA) is 54.3 Å². The van der Waals surface area contributed by atoms with Crippen molar-refractivity contribution < 1.29 is 9.47 Å². The highest BCUT2D eigenvalue weighted by atomic mass is 16.5. The van der Waals surface area contributed by atoms with Gasteiger partial charge >= 0.3 is 0 Å². The van der Waals surface area contributed by atoms with E-state index in [-0.39, 0.29) is 11.6 Å². The summed E-state index contributed by atoms with van der Waals surface area (Å²) in [4.78, 5) is 0. The third-order valence-corrected chi connectivity index (χ3v) is 3.29. The van der Waals surface area contributed by atoms with E-state index in [9.17, 15) is 0 Å². The van der Waals surface area contributed by atoms with Crippen LogP contribution in [0.4, 0.5) is 0 Å². The van der Waals surface area contributed by atoms with Crippen LogP contribution in [0.15, 0.2) is 18.2 Å². The van der Waals surface area contributed by atoms with Crippen molar-refractivity contribution in [1.29, 1.82) is 5.26 Å². The number of nitrogens with one attached hydrogen (secondary N) is 1. The molecular weight excluding hydrogens is 240 g/mol. The maximum atomic E-state index is 8.78. The summed E-state index contributed by atoms with van der Waals surface area (Å²) in [7, 11) is 1.96. The first-order valence-corrected chi connectivity index (χ1v) is 6.51. The molecule has 1 heterocycles. The summed E-state index contributed by atoms with van der Waals surface area (Å²) < 4.78 is 11.5. The van der Waals surface area contributed by atoms with E-state index < -0.39 is 6.10 Å². The van der Waals surface area contributed by atoms with Gasteiger partial charge in [-0.3, -0.25) is 0 Å². The van der Waals surface area contributed by atoms with Crippen molar-refractivity contribution in [2.75, 3.05) is 7.05 Å². The monoisotopic (exact) mass is 260 g/mol. The number of fused-ring (bicyclic) bond motifs is 1. The Morgan fingerprint density at radius 1 is 1.53 bits per heavy atom. The fourth-order valence-corrected chi connectivity index (χ4v) is 2.39. The molecule has 2 atom stereocenters. The molecule has 1 aromatic carbocycles. The summed E-state index contributed by atoms with van der Waals surface area (Å²) in [6.07, 6.45) is 0.459. The van der Waals surface area contributed by atoms with Crippen molar-refractivity contribution in [3.63, 3.8) is 0 Å². The van der Waals surface area contributed by atoms with Crippen LogP contribution in [0.2, 0.25) is 0 Å². The van der Waals surface area contributed by atoms with Crippen molar-refractivity contribution in [3.05, 3.63) is 23.8 Å². The maximum Gasteiger partial charge on any atom is 0.181 e. The number of nitrogens with zero attached hydrogens (tertiary/aromatic N) is 1. The lowest BCUT2D eigenvalue weighted by Crippen LogP contribution is -2.38. The van der Waals surface area contributed by atoms with Crippen LogP contribution in [0.5, 0.6) is 11.5 Å². The molecular formula is C15H20N2O2. The van der Waals surface area contributed by atoms with Crippen molar-refractivity contribution in [2.24, 2.45) is 0 Å². The van der Waals surface area contributed by atoms with E-state index in [1.165, 1.54) is 0 Å². The number of nitriles is 1. The maximum absolute atomic E-state index is 8.78. The van der Waals surface area contributed by atoms with Crippen LogP contribution in [0.1, 0.15) is 38.8 Å². The fraction of sp³-hybridized carbons (Fsp3) is 0.533. The molecule has 0 saturated heterocycles. The van der Waals surface area contributed by atoms with Gasteiger partial charge in [0.2, 0.25) is 0 Å². The summed E-state index contributed by atoms with van der Waals surface area (Å²) in [5.41, 5.74) is 0.930. The highest BCUT2D eigenvalue weighted by molar-refractivity contribution is 5.44. The predicted molar refractivity (Wildman–Crippen MR) is 73.3 cm³/mol. The molecule has 0 spiro atoms. The van der Waals surface area contributed by atoms with Gasteiger partial charge in [0.05, 0.1) is 0 Å². The molecule has 0 radical (unpaired) electrons. The zero-order valence-electron chi connectivity index (χ0n) is 11.9. The summed E-state index contributed by atoms with van der Waals surface area (Å²) in [6, 6.07) is 8.10. The number of hydrogen-bond donors (Lipinski definition) is 1. The Hall–Kier alpha value is -1.73. The lowest BCUT2D eigenvalue weighted by atomic mass is 9.90. The first kappa shape index (κ1) is 13.7. The number of ether oxygens (including phenoxy) is 2. The van der Waals surface area contributed by atoms with E-state index in [1.807, 2.05) is 25.2 Å². The third kappa shape index (κ3) is 2.99. The van der Waals surface area contributed by atoms with Gasteiger partial charge in [0.1, 0.15) is 23.2 Å². The Labute approximate surface area is 114 Å². The molecule has 0 amide bonds. The standard InChI is InChI=1S/C15H20N2O2/c1-10(9-16)18-11-5-6-12-13(17-4)8-15(2,3)19-14(12)7-11/h5-7,10,13,17H,8H2,1-4H3. The van der Waals surface area contributed by atoms with E-state index in [2.05, 4.69) is 25.2 Å². The van der Waals surface area contributed by atoms with Gasteiger partial charge in [0.25, 0.3) is 0 Å². The Bertz CT molecular complexity index is 505. The van der Waals surface area contributed by atoms with Crippen molar-refractivity contribution in [1.82, 2.24) is 5.32 Å². The highest BCUT2D eigenvalue weighted by Gasteiger charge is 2.33. The van der Waals surface area contributed by atoms with E-state index >= 15 is 0 Å². The first-order chi connectivity index (χ1) is 8.95. The summed E-state index contributed by atoms with van der Waals surface area (Å²) >= 11 is 0. The van der Waals surface area contributed by atoms with Gasteiger partial charge in [-0.1, -0.05) is 6.07 Å². The number of rotatable bonds is 3. The summed E-state index contributed by atoms with van der Waals surface area (Å²) in [5, 5.41) is 12.1. The molecule has 0 saturated carbocycles. The van der Waals surface area contributed by atoms with Crippen LogP contribution < -0.4 is 14.8 Å². The summed E-state index contributed by atoms with van der Waals surface area (Å²) in [6.45, 7) is 5.87. The average molecular weight is 260 g/mol. The fourth-order valence-electron chi connectivity index (χ4n) is 2.39. The van der Waals surface area contributed by atoms with Gasteiger partial charge in [-0.25, -0.2) is 0 Å². The normalized spacial score (nSPS) is 21.7. The number of benzene rings is 1. The Kier molecular flexibility index (Phi) is 3.68. The van der Waals surface area contributed by atoms with Crippen LogP contribution in [0.3, 0.4) is 0 Å². The number of hydrogen-bond acceptors (Lipinski definition) is 4. The Balaban J connectivity index is 2.31. The van der Waals surface area contributed by atoms with Crippen molar-refractivity contribution in [2.45, 2.75) is 44.9 Å². The lowest BCUT2D eigenvalue weighted by molar-refractivity contribution is 0.0670. The minimum Gasteiger partial charge on any atom is -0.487 e. The molecule has 0 aromatic heterocycles. The molecule has 1 aromatic rings. The van der Waals surface area contributed by atoms with Crippen LogP contribution in [0.25, 0.3) is 0 Å². The summed E-state index contributed by atoms with van der Waals surface area (Å²) in [5.74, 6) is 1.50. The van der Waals surface area contributed by atoms with Crippen LogP contribution in [-0.4, -0.2) is 18.8 Å². The van der Waals surface area contributed by atoms with Gasteiger partial charge < -0.3 is 14.8 Å².